The Morgan fingerprint density at radius 2 is 2.22 bits per heavy atom. The van der Waals surface area contributed by atoms with Crippen LogP contribution < -0.4 is 0 Å². The van der Waals surface area contributed by atoms with Gasteiger partial charge in [0.05, 0.1) is 29.7 Å². The van der Waals surface area contributed by atoms with Crippen LogP contribution >= 0.6 is 0 Å². The lowest BCUT2D eigenvalue weighted by Crippen LogP contribution is -2.16. The Balaban J connectivity index is 1.96. The van der Waals surface area contributed by atoms with E-state index < -0.39 is 0 Å². The standard InChI is InChI=1S/C17H21N3O3/c1-11(2)23-17(22)13-7-4-8-14(9-13)20-16(12-5-3-6-12)15(10-21)18-19-20/h4,7-9,11-12,21H,3,5-6,10H2,1-2H3. The van der Waals surface area contributed by atoms with Crippen molar-refractivity contribution < 1.29 is 14.6 Å². The van der Waals surface area contributed by atoms with Crippen molar-refractivity contribution in [1.29, 1.82) is 0 Å². The van der Waals surface area contributed by atoms with Crippen LogP contribution in [-0.2, 0) is 11.3 Å². The summed E-state index contributed by atoms with van der Waals surface area (Å²) in [6, 6.07) is 7.16. The van der Waals surface area contributed by atoms with Gasteiger partial charge in [-0.3, -0.25) is 0 Å². The van der Waals surface area contributed by atoms with Crippen LogP contribution in [0, 0.1) is 0 Å². The van der Waals surface area contributed by atoms with Crippen LogP contribution in [0.3, 0.4) is 0 Å². The van der Waals surface area contributed by atoms with Gasteiger partial charge in [-0.2, -0.15) is 0 Å². The SMILES string of the molecule is CC(C)OC(=O)c1cccc(-n2nnc(CO)c2C2CCC2)c1. The van der Waals surface area contributed by atoms with Crippen LogP contribution in [0.25, 0.3) is 5.69 Å². The second-order valence-electron chi connectivity index (χ2n) is 6.12. The van der Waals surface area contributed by atoms with Crippen LogP contribution in [0.2, 0.25) is 0 Å². The first-order valence-electron chi connectivity index (χ1n) is 7.97. The van der Waals surface area contributed by atoms with Gasteiger partial charge >= 0.3 is 5.97 Å². The number of carbonyl (C=O) groups is 1. The Labute approximate surface area is 135 Å². The maximum Gasteiger partial charge on any atom is 0.338 e. The molecule has 1 aromatic heterocycles. The van der Waals surface area contributed by atoms with Crippen molar-refractivity contribution in [1.82, 2.24) is 15.0 Å². The summed E-state index contributed by atoms with van der Waals surface area (Å²) in [5, 5.41) is 17.8. The summed E-state index contributed by atoms with van der Waals surface area (Å²) < 4.78 is 6.98. The Morgan fingerprint density at radius 1 is 1.43 bits per heavy atom. The van der Waals surface area contributed by atoms with Crippen LogP contribution in [0.1, 0.15) is 60.8 Å². The molecular formula is C17H21N3O3. The van der Waals surface area contributed by atoms with Crippen molar-refractivity contribution in [2.75, 3.05) is 0 Å². The van der Waals surface area contributed by atoms with Gasteiger partial charge in [0.15, 0.2) is 0 Å². The second kappa shape index (κ2) is 6.50. The average Bonchev–Trinajstić information content (AvgIpc) is 2.88. The molecule has 0 saturated heterocycles. The summed E-state index contributed by atoms with van der Waals surface area (Å²) in [6.07, 6.45) is 3.18. The van der Waals surface area contributed by atoms with E-state index in [-0.39, 0.29) is 18.7 Å². The van der Waals surface area contributed by atoms with Crippen molar-refractivity contribution in [3.63, 3.8) is 0 Å². The molecule has 1 aromatic carbocycles. The molecule has 0 aliphatic heterocycles. The normalized spacial score (nSPS) is 14.8. The first-order valence-corrected chi connectivity index (χ1v) is 7.97. The molecule has 2 aromatic rings. The van der Waals surface area contributed by atoms with Gasteiger partial charge in [-0.25, -0.2) is 9.48 Å². The van der Waals surface area contributed by atoms with Crippen molar-refractivity contribution >= 4 is 5.97 Å². The molecule has 1 fully saturated rings. The van der Waals surface area contributed by atoms with E-state index in [1.165, 1.54) is 6.42 Å². The second-order valence-corrected chi connectivity index (χ2v) is 6.12. The molecule has 6 nitrogen and oxygen atoms in total. The van der Waals surface area contributed by atoms with E-state index >= 15 is 0 Å². The first kappa shape index (κ1) is 15.7. The van der Waals surface area contributed by atoms with Gasteiger partial charge in [0.2, 0.25) is 0 Å². The molecule has 1 aliphatic carbocycles. The van der Waals surface area contributed by atoms with Gasteiger partial charge < -0.3 is 9.84 Å². The smallest absolute Gasteiger partial charge is 0.338 e. The van der Waals surface area contributed by atoms with E-state index in [0.29, 0.717) is 17.2 Å². The summed E-state index contributed by atoms with van der Waals surface area (Å²) in [6.45, 7) is 3.52. The molecule has 1 heterocycles. The summed E-state index contributed by atoms with van der Waals surface area (Å²) in [5.41, 5.74) is 2.81. The third-order valence-electron chi connectivity index (χ3n) is 4.09. The number of aliphatic hydroxyl groups is 1. The maximum absolute atomic E-state index is 12.1. The van der Waals surface area contributed by atoms with Crippen molar-refractivity contribution in [3.8, 4) is 5.69 Å². The third-order valence-corrected chi connectivity index (χ3v) is 4.09. The Kier molecular flexibility index (Phi) is 4.43. The highest BCUT2D eigenvalue weighted by atomic mass is 16.5. The fourth-order valence-corrected chi connectivity index (χ4v) is 2.76. The van der Waals surface area contributed by atoms with Gasteiger partial charge in [0, 0.05) is 5.92 Å². The lowest BCUT2D eigenvalue weighted by atomic mass is 9.82. The van der Waals surface area contributed by atoms with Crippen LogP contribution in [0.5, 0.6) is 0 Å². The highest BCUT2D eigenvalue weighted by molar-refractivity contribution is 5.90. The topological polar surface area (TPSA) is 77.2 Å². The minimum atomic E-state index is -0.352. The Bertz CT molecular complexity index is 705. The molecule has 6 heteroatoms. The van der Waals surface area contributed by atoms with E-state index in [9.17, 15) is 9.90 Å². The number of nitrogens with zero attached hydrogens (tertiary/aromatic N) is 3. The molecule has 122 valence electrons. The number of ether oxygens (including phenoxy) is 1. The van der Waals surface area contributed by atoms with E-state index in [1.807, 2.05) is 19.9 Å². The highest BCUT2D eigenvalue weighted by Crippen LogP contribution is 2.38. The van der Waals surface area contributed by atoms with Gasteiger partial charge in [-0.15, -0.1) is 5.10 Å². The number of carbonyl (C=O) groups excluding carboxylic acids is 1. The zero-order valence-electron chi connectivity index (χ0n) is 13.4. The van der Waals surface area contributed by atoms with Crippen LogP contribution in [0.4, 0.5) is 0 Å². The number of esters is 1. The van der Waals surface area contributed by atoms with Crippen LogP contribution in [-0.4, -0.2) is 32.2 Å². The molecule has 1 saturated carbocycles. The minimum Gasteiger partial charge on any atom is -0.459 e. The Hall–Kier alpha value is -2.21. The number of aromatic nitrogens is 3. The lowest BCUT2D eigenvalue weighted by Gasteiger charge is -2.26. The van der Waals surface area contributed by atoms with E-state index in [0.717, 1.165) is 24.2 Å². The maximum atomic E-state index is 12.1. The van der Waals surface area contributed by atoms with Gasteiger partial charge in [-0.05, 0) is 44.9 Å². The summed E-state index contributed by atoms with van der Waals surface area (Å²) in [5.74, 6) is 0.0213. The van der Waals surface area contributed by atoms with Gasteiger partial charge in [-0.1, -0.05) is 17.7 Å². The predicted octanol–water partition coefficient (Wildman–Crippen LogP) is 2.59. The Morgan fingerprint density at radius 3 is 2.83 bits per heavy atom. The zero-order chi connectivity index (χ0) is 16.4. The highest BCUT2D eigenvalue weighted by Gasteiger charge is 2.28. The first-order chi connectivity index (χ1) is 11.1. The summed E-state index contributed by atoms with van der Waals surface area (Å²) >= 11 is 0. The number of rotatable bonds is 5. The molecule has 1 aliphatic rings. The molecule has 0 unspecified atom stereocenters. The molecule has 0 bridgehead atoms. The molecule has 3 rings (SSSR count). The van der Waals surface area contributed by atoms with E-state index in [4.69, 9.17) is 4.74 Å². The fraction of sp³-hybridized carbons (Fsp3) is 0.471. The summed E-state index contributed by atoms with van der Waals surface area (Å²) in [7, 11) is 0. The van der Waals surface area contributed by atoms with Crippen molar-refractivity contribution in [2.24, 2.45) is 0 Å². The molecule has 0 atom stereocenters. The number of hydrogen-bond acceptors (Lipinski definition) is 5. The molecule has 0 spiro atoms. The molecular weight excluding hydrogens is 294 g/mol. The quantitative estimate of drug-likeness (QED) is 0.858. The van der Waals surface area contributed by atoms with Crippen molar-refractivity contribution in [2.45, 2.75) is 51.7 Å². The molecule has 1 N–H and O–H groups in total. The van der Waals surface area contributed by atoms with Crippen molar-refractivity contribution in [3.05, 3.63) is 41.2 Å². The average molecular weight is 315 g/mol. The zero-order valence-corrected chi connectivity index (χ0v) is 13.4. The van der Waals surface area contributed by atoms with Gasteiger partial charge in [0.25, 0.3) is 0 Å². The molecule has 23 heavy (non-hydrogen) atoms. The monoisotopic (exact) mass is 315 g/mol. The third kappa shape index (κ3) is 3.12. The largest absolute Gasteiger partial charge is 0.459 e. The minimum absolute atomic E-state index is 0.124. The number of hydrogen-bond donors (Lipinski definition) is 1. The fourth-order valence-electron chi connectivity index (χ4n) is 2.76. The lowest BCUT2D eigenvalue weighted by molar-refractivity contribution is 0.0378. The van der Waals surface area contributed by atoms with Crippen LogP contribution in [0.15, 0.2) is 24.3 Å². The van der Waals surface area contributed by atoms with E-state index in [2.05, 4.69) is 10.3 Å². The number of aliphatic hydroxyl groups excluding tert-OH is 1. The number of benzene rings is 1. The van der Waals surface area contributed by atoms with Gasteiger partial charge in [0.1, 0.15) is 5.69 Å². The molecule has 0 amide bonds. The predicted molar refractivity (Wildman–Crippen MR) is 84.4 cm³/mol. The molecule has 0 radical (unpaired) electrons. The van der Waals surface area contributed by atoms with E-state index in [1.54, 1.807) is 22.9 Å². The summed E-state index contributed by atoms with van der Waals surface area (Å²) in [4.78, 5) is 12.1.